The van der Waals surface area contributed by atoms with Crippen LogP contribution in [0.15, 0.2) is 74.4 Å². The van der Waals surface area contributed by atoms with Crippen LogP contribution in [-0.4, -0.2) is 36.0 Å². The molecule has 0 saturated heterocycles. The van der Waals surface area contributed by atoms with Gasteiger partial charge in [-0.25, -0.2) is 0 Å². The highest BCUT2D eigenvalue weighted by Crippen LogP contribution is 2.14. The minimum absolute atomic E-state index is 0.793. The average Bonchev–Trinajstić information content (AvgIpc) is 2.47. The number of hydrogen-bond donors (Lipinski definition) is 1. The van der Waals surface area contributed by atoms with E-state index >= 15 is 0 Å². The predicted octanol–water partition coefficient (Wildman–Crippen LogP) is 3.01. The van der Waals surface area contributed by atoms with Crippen LogP contribution in [0.2, 0.25) is 0 Å². The smallest absolute Gasteiger partial charge is 0.104 e. The standard InChI is InChI=1S/C17H25N3/c1-5-12-19(13-6-2)16-10-9-11-17(18-16)20(14-7-3)15-8-4/h5-8,10-11,18H,1-4,9,12-15H2. The van der Waals surface area contributed by atoms with Gasteiger partial charge in [0.2, 0.25) is 0 Å². The molecule has 3 nitrogen and oxygen atoms in total. The summed E-state index contributed by atoms with van der Waals surface area (Å²) in [6.45, 7) is 18.4. The first-order chi connectivity index (χ1) is 9.76. The van der Waals surface area contributed by atoms with E-state index in [1.807, 2.05) is 24.3 Å². The van der Waals surface area contributed by atoms with Crippen LogP contribution in [0.25, 0.3) is 0 Å². The fourth-order valence-electron chi connectivity index (χ4n) is 2.10. The second-order valence-electron chi connectivity index (χ2n) is 4.50. The van der Waals surface area contributed by atoms with E-state index in [4.69, 9.17) is 0 Å². The lowest BCUT2D eigenvalue weighted by Crippen LogP contribution is -2.39. The van der Waals surface area contributed by atoms with E-state index in [0.717, 1.165) is 44.2 Å². The minimum atomic E-state index is 0.793. The normalized spacial score (nSPS) is 13.4. The van der Waals surface area contributed by atoms with E-state index < -0.39 is 0 Å². The highest BCUT2D eigenvalue weighted by molar-refractivity contribution is 5.19. The van der Waals surface area contributed by atoms with Gasteiger partial charge in [-0.15, -0.1) is 26.3 Å². The lowest BCUT2D eigenvalue weighted by atomic mass is 10.2. The minimum Gasteiger partial charge on any atom is -0.351 e. The molecule has 0 saturated carbocycles. The van der Waals surface area contributed by atoms with Crippen LogP contribution in [0, 0.1) is 0 Å². The molecule has 0 bridgehead atoms. The maximum Gasteiger partial charge on any atom is 0.104 e. The third-order valence-electron chi connectivity index (χ3n) is 2.96. The van der Waals surface area contributed by atoms with Gasteiger partial charge < -0.3 is 15.1 Å². The molecular formula is C17H25N3. The van der Waals surface area contributed by atoms with Crippen LogP contribution in [0.4, 0.5) is 0 Å². The van der Waals surface area contributed by atoms with Gasteiger partial charge in [0, 0.05) is 26.2 Å². The highest BCUT2D eigenvalue weighted by Gasteiger charge is 2.14. The summed E-state index contributed by atoms with van der Waals surface area (Å²) in [5, 5.41) is 3.48. The fraction of sp³-hybridized carbons (Fsp3) is 0.294. The fourth-order valence-corrected chi connectivity index (χ4v) is 2.10. The molecule has 0 amide bonds. The van der Waals surface area contributed by atoms with Crippen molar-refractivity contribution in [2.24, 2.45) is 0 Å². The lowest BCUT2D eigenvalue weighted by molar-refractivity contribution is 0.341. The van der Waals surface area contributed by atoms with Crippen LogP contribution in [0.3, 0.4) is 0 Å². The molecule has 0 aromatic rings. The van der Waals surface area contributed by atoms with Gasteiger partial charge in [0.25, 0.3) is 0 Å². The summed E-state index contributed by atoms with van der Waals surface area (Å²) < 4.78 is 0. The summed E-state index contributed by atoms with van der Waals surface area (Å²) in [4.78, 5) is 4.40. The Morgan fingerprint density at radius 1 is 0.800 bits per heavy atom. The van der Waals surface area contributed by atoms with E-state index in [1.165, 1.54) is 0 Å². The summed E-state index contributed by atoms with van der Waals surface area (Å²) in [5.74, 6) is 2.20. The monoisotopic (exact) mass is 271 g/mol. The number of nitrogens with zero attached hydrogens (tertiary/aromatic N) is 2. The summed E-state index contributed by atoms with van der Waals surface area (Å²) in [6.07, 6.45) is 12.9. The Bertz CT molecular complexity index is 360. The van der Waals surface area contributed by atoms with Crippen molar-refractivity contribution in [1.82, 2.24) is 15.1 Å². The lowest BCUT2D eigenvalue weighted by Gasteiger charge is -2.33. The Kier molecular flexibility index (Phi) is 7.04. The Morgan fingerprint density at radius 2 is 1.15 bits per heavy atom. The van der Waals surface area contributed by atoms with Gasteiger partial charge in [-0.05, 0) is 18.6 Å². The molecule has 0 atom stereocenters. The van der Waals surface area contributed by atoms with Gasteiger partial charge in [-0.2, -0.15) is 0 Å². The molecule has 0 radical (unpaired) electrons. The Hall–Kier alpha value is -2.16. The summed E-state index contributed by atoms with van der Waals surface area (Å²) >= 11 is 0. The van der Waals surface area contributed by atoms with Crippen molar-refractivity contribution in [3.05, 3.63) is 74.4 Å². The van der Waals surface area contributed by atoms with Gasteiger partial charge in [0.1, 0.15) is 11.6 Å². The van der Waals surface area contributed by atoms with E-state index in [2.05, 4.69) is 53.6 Å². The quantitative estimate of drug-likeness (QED) is 0.616. The third kappa shape index (κ3) is 4.50. The van der Waals surface area contributed by atoms with Gasteiger partial charge >= 0.3 is 0 Å². The highest BCUT2D eigenvalue weighted by atomic mass is 15.3. The molecule has 1 heterocycles. The summed E-state index contributed by atoms with van der Waals surface area (Å²) in [5.41, 5.74) is 0. The molecule has 20 heavy (non-hydrogen) atoms. The first-order valence-corrected chi connectivity index (χ1v) is 6.87. The molecule has 1 aliphatic heterocycles. The van der Waals surface area contributed by atoms with Crippen molar-refractivity contribution in [3.63, 3.8) is 0 Å². The van der Waals surface area contributed by atoms with Crippen molar-refractivity contribution in [2.75, 3.05) is 26.2 Å². The number of hydrogen-bond acceptors (Lipinski definition) is 3. The third-order valence-corrected chi connectivity index (χ3v) is 2.96. The molecule has 108 valence electrons. The molecule has 0 fully saturated rings. The molecule has 0 aromatic heterocycles. The predicted molar refractivity (Wildman–Crippen MR) is 87.9 cm³/mol. The molecule has 0 aromatic carbocycles. The molecule has 1 rings (SSSR count). The average molecular weight is 271 g/mol. The number of dihydropyridines is 1. The van der Waals surface area contributed by atoms with E-state index in [1.54, 1.807) is 0 Å². The molecular weight excluding hydrogens is 246 g/mol. The number of nitrogens with one attached hydrogen (secondary N) is 1. The molecule has 0 unspecified atom stereocenters. The van der Waals surface area contributed by atoms with Gasteiger partial charge in [-0.1, -0.05) is 24.3 Å². The largest absolute Gasteiger partial charge is 0.351 e. The van der Waals surface area contributed by atoms with Crippen LogP contribution in [-0.2, 0) is 0 Å². The first-order valence-electron chi connectivity index (χ1n) is 6.87. The van der Waals surface area contributed by atoms with E-state index in [-0.39, 0.29) is 0 Å². The van der Waals surface area contributed by atoms with Crippen LogP contribution < -0.4 is 5.32 Å². The van der Waals surface area contributed by atoms with Crippen molar-refractivity contribution in [3.8, 4) is 0 Å². The molecule has 0 aliphatic carbocycles. The Balaban J connectivity index is 2.77. The van der Waals surface area contributed by atoms with Gasteiger partial charge in [0.15, 0.2) is 0 Å². The van der Waals surface area contributed by atoms with E-state index in [9.17, 15) is 0 Å². The number of rotatable bonds is 10. The summed E-state index contributed by atoms with van der Waals surface area (Å²) in [7, 11) is 0. The molecule has 1 N–H and O–H groups in total. The topological polar surface area (TPSA) is 18.5 Å². The van der Waals surface area contributed by atoms with Crippen molar-refractivity contribution in [2.45, 2.75) is 6.42 Å². The molecule has 1 aliphatic rings. The second kappa shape index (κ2) is 8.86. The molecule has 3 heteroatoms. The maximum atomic E-state index is 3.81. The van der Waals surface area contributed by atoms with Gasteiger partial charge in [-0.3, -0.25) is 0 Å². The van der Waals surface area contributed by atoms with E-state index in [0.29, 0.717) is 0 Å². The molecule has 0 spiro atoms. The zero-order chi connectivity index (χ0) is 14.8. The van der Waals surface area contributed by atoms with Crippen molar-refractivity contribution in [1.29, 1.82) is 0 Å². The second-order valence-corrected chi connectivity index (χ2v) is 4.50. The van der Waals surface area contributed by atoms with Crippen LogP contribution >= 0.6 is 0 Å². The Morgan fingerprint density at radius 3 is 1.45 bits per heavy atom. The van der Waals surface area contributed by atoms with Crippen molar-refractivity contribution >= 4 is 0 Å². The SMILES string of the molecule is C=CCN(CC=C)C1=CCC=C(N(CC=C)CC=C)N1. The zero-order valence-corrected chi connectivity index (χ0v) is 12.2. The number of allylic oxidation sites excluding steroid dienone is 2. The zero-order valence-electron chi connectivity index (χ0n) is 12.2. The first kappa shape index (κ1) is 15.9. The van der Waals surface area contributed by atoms with Crippen molar-refractivity contribution < 1.29 is 0 Å². The van der Waals surface area contributed by atoms with Crippen LogP contribution in [0.5, 0.6) is 0 Å². The Labute approximate surface area is 123 Å². The van der Waals surface area contributed by atoms with Gasteiger partial charge in [0.05, 0.1) is 0 Å². The summed E-state index contributed by atoms with van der Waals surface area (Å²) in [6, 6.07) is 0. The maximum absolute atomic E-state index is 3.81. The van der Waals surface area contributed by atoms with Crippen LogP contribution in [0.1, 0.15) is 6.42 Å².